The number of fused-ring (bicyclic) bond motifs is 5. The van der Waals surface area contributed by atoms with Crippen LogP contribution in [-0.2, 0) is 14.3 Å². The van der Waals surface area contributed by atoms with Crippen LogP contribution in [0.5, 0.6) is 0 Å². The van der Waals surface area contributed by atoms with Crippen LogP contribution in [-0.4, -0.2) is 22.7 Å². The molecule has 0 heterocycles. The largest absolute Gasteiger partial charge is 0.463 e. The number of ketones is 1. The summed E-state index contributed by atoms with van der Waals surface area (Å²) in [5.41, 5.74) is 0.280. The molecule has 4 heteroatoms. The molecule has 8 atom stereocenters. The Balaban J connectivity index is 1.55. The zero-order valence-corrected chi connectivity index (χ0v) is 17.3. The quantitative estimate of drug-likeness (QED) is 0.455. The van der Waals surface area contributed by atoms with Crippen molar-refractivity contribution in [3.8, 4) is 0 Å². The summed E-state index contributed by atoms with van der Waals surface area (Å²) in [6.45, 7) is 6.27. The summed E-state index contributed by atoms with van der Waals surface area (Å²) in [5.74, 6) is 3.01. The van der Waals surface area contributed by atoms with Crippen LogP contribution in [0.2, 0.25) is 0 Å². The van der Waals surface area contributed by atoms with Crippen LogP contribution in [0.25, 0.3) is 0 Å². The van der Waals surface area contributed by atoms with Gasteiger partial charge in [-0.25, -0.2) is 0 Å². The number of hydrogen-bond acceptors (Lipinski definition) is 3. The molecule has 4 rings (SSSR count). The van der Waals surface area contributed by atoms with Crippen LogP contribution in [0.15, 0.2) is 0 Å². The fraction of sp³-hybridized carbons (Fsp3) is 0.905. The Morgan fingerprint density at radius 1 is 1.08 bits per heavy atom. The molecule has 0 radical (unpaired) electrons. The van der Waals surface area contributed by atoms with E-state index in [2.05, 4.69) is 29.8 Å². The summed E-state index contributed by atoms with van der Waals surface area (Å²) in [4.78, 5) is 24.2. The minimum Gasteiger partial charge on any atom is -0.463 e. The number of carbonyl (C=O) groups excluding carboxylic acids is 2. The van der Waals surface area contributed by atoms with E-state index >= 15 is 0 Å². The molecule has 0 spiro atoms. The van der Waals surface area contributed by atoms with Crippen LogP contribution in [0.4, 0.5) is 0 Å². The molecule has 0 N–H and O–H groups in total. The van der Waals surface area contributed by atoms with E-state index in [1.54, 1.807) is 0 Å². The third kappa shape index (κ3) is 2.64. The van der Waals surface area contributed by atoms with Crippen molar-refractivity contribution >= 4 is 27.7 Å². The van der Waals surface area contributed by atoms with Gasteiger partial charge in [-0.2, -0.15) is 0 Å². The molecule has 140 valence electrons. The SMILES string of the molecule is CC(=O)OC1CC[C@]2(C)C3CC[C@]4(C)C(=O)[C@H](Br)CC4C3CC[C@H]2C1. The van der Waals surface area contributed by atoms with Crippen molar-refractivity contribution in [3.05, 3.63) is 0 Å². The normalized spacial score (nSPS) is 52.1. The number of ether oxygens (including phenoxy) is 1. The zero-order valence-electron chi connectivity index (χ0n) is 15.7. The molecule has 3 nitrogen and oxygen atoms in total. The zero-order chi connectivity index (χ0) is 18.0. The van der Waals surface area contributed by atoms with E-state index in [9.17, 15) is 9.59 Å². The molecule has 4 unspecified atom stereocenters. The third-order valence-corrected chi connectivity index (χ3v) is 9.44. The van der Waals surface area contributed by atoms with E-state index in [0.717, 1.165) is 31.6 Å². The van der Waals surface area contributed by atoms with Gasteiger partial charge in [0.25, 0.3) is 0 Å². The maximum absolute atomic E-state index is 12.7. The van der Waals surface area contributed by atoms with Crippen LogP contribution in [0.1, 0.15) is 72.1 Å². The Labute approximate surface area is 159 Å². The smallest absolute Gasteiger partial charge is 0.302 e. The summed E-state index contributed by atoms with van der Waals surface area (Å²) in [5, 5.41) is 0. The van der Waals surface area contributed by atoms with Crippen LogP contribution >= 0.6 is 15.9 Å². The van der Waals surface area contributed by atoms with Gasteiger partial charge in [0.15, 0.2) is 5.78 Å². The molecule has 0 aliphatic heterocycles. The maximum Gasteiger partial charge on any atom is 0.302 e. The highest BCUT2D eigenvalue weighted by molar-refractivity contribution is 9.10. The highest BCUT2D eigenvalue weighted by Gasteiger charge is 2.62. The van der Waals surface area contributed by atoms with Gasteiger partial charge >= 0.3 is 5.97 Å². The molecular weight excluding hydrogens is 380 g/mol. The predicted octanol–water partition coefficient (Wildman–Crippen LogP) is 4.90. The van der Waals surface area contributed by atoms with Crippen molar-refractivity contribution in [2.24, 2.45) is 34.5 Å². The Hall–Kier alpha value is -0.380. The second kappa shape index (κ2) is 6.07. The lowest BCUT2D eigenvalue weighted by atomic mass is 9.45. The molecule has 0 saturated heterocycles. The van der Waals surface area contributed by atoms with Crippen molar-refractivity contribution in [1.29, 1.82) is 0 Å². The lowest BCUT2D eigenvalue weighted by Gasteiger charge is -2.60. The standard InChI is InChI=1S/C21H31BrO3/c1-12(23)25-14-6-8-20(2)13(10-14)4-5-15-16(20)7-9-21(3)17(15)11-18(22)19(21)24/h13-18H,4-11H2,1-3H3/t13-,14?,15?,16?,17?,18+,20-,21-/m0/s1. The summed E-state index contributed by atoms with van der Waals surface area (Å²) in [7, 11) is 0. The van der Waals surface area contributed by atoms with Gasteiger partial charge in [-0.1, -0.05) is 29.8 Å². The van der Waals surface area contributed by atoms with Crippen LogP contribution in [0, 0.1) is 34.5 Å². The van der Waals surface area contributed by atoms with Gasteiger partial charge in [0.2, 0.25) is 0 Å². The highest BCUT2D eigenvalue weighted by Crippen LogP contribution is 2.66. The first-order valence-electron chi connectivity index (χ1n) is 10.1. The molecule has 4 aliphatic carbocycles. The minimum atomic E-state index is -0.136. The predicted molar refractivity (Wildman–Crippen MR) is 100 cm³/mol. The molecule has 0 bridgehead atoms. The molecule has 4 aliphatic rings. The van der Waals surface area contributed by atoms with Crippen molar-refractivity contribution in [2.75, 3.05) is 0 Å². The second-order valence-corrected chi connectivity index (χ2v) is 10.8. The Bertz CT molecular complexity index is 590. The molecule has 4 fully saturated rings. The van der Waals surface area contributed by atoms with Crippen LogP contribution in [0.3, 0.4) is 0 Å². The first-order chi connectivity index (χ1) is 11.8. The van der Waals surface area contributed by atoms with Gasteiger partial charge < -0.3 is 4.74 Å². The number of esters is 1. The molecule has 4 saturated carbocycles. The average Bonchev–Trinajstić information content (AvgIpc) is 2.78. The molecule has 0 aromatic rings. The van der Waals surface area contributed by atoms with Crippen molar-refractivity contribution < 1.29 is 14.3 Å². The van der Waals surface area contributed by atoms with Gasteiger partial charge in [-0.3, -0.25) is 9.59 Å². The Morgan fingerprint density at radius 3 is 2.56 bits per heavy atom. The van der Waals surface area contributed by atoms with Gasteiger partial charge in [0.1, 0.15) is 6.10 Å². The van der Waals surface area contributed by atoms with Crippen molar-refractivity contribution in [2.45, 2.75) is 83.1 Å². The molecule has 0 aromatic heterocycles. The topological polar surface area (TPSA) is 43.4 Å². The Morgan fingerprint density at radius 2 is 1.84 bits per heavy atom. The van der Waals surface area contributed by atoms with Crippen LogP contribution < -0.4 is 0 Å². The lowest BCUT2D eigenvalue weighted by molar-refractivity contribution is -0.160. The molecule has 0 amide bonds. The second-order valence-electron chi connectivity index (χ2n) is 9.69. The van der Waals surface area contributed by atoms with Gasteiger partial charge in [0, 0.05) is 12.3 Å². The Kier molecular flexibility index (Phi) is 4.37. The summed E-state index contributed by atoms with van der Waals surface area (Å²) in [6.07, 6.45) is 9.15. The third-order valence-electron chi connectivity index (χ3n) is 8.65. The van der Waals surface area contributed by atoms with E-state index < -0.39 is 0 Å². The number of halogens is 1. The van der Waals surface area contributed by atoms with E-state index in [-0.39, 0.29) is 22.3 Å². The summed E-state index contributed by atoms with van der Waals surface area (Å²) in [6, 6.07) is 0. The van der Waals surface area contributed by atoms with E-state index in [0.29, 0.717) is 29.0 Å². The molecule has 25 heavy (non-hydrogen) atoms. The number of carbonyl (C=O) groups is 2. The average molecular weight is 411 g/mol. The molecule has 0 aromatic carbocycles. The number of rotatable bonds is 1. The first kappa shape index (κ1) is 18.0. The minimum absolute atomic E-state index is 0.0754. The van der Waals surface area contributed by atoms with E-state index in [1.165, 1.54) is 32.6 Å². The van der Waals surface area contributed by atoms with Crippen molar-refractivity contribution in [3.63, 3.8) is 0 Å². The van der Waals surface area contributed by atoms with Gasteiger partial charge in [0.05, 0.1) is 4.83 Å². The summed E-state index contributed by atoms with van der Waals surface area (Å²) < 4.78 is 5.54. The number of alkyl halides is 1. The monoisotopic (exact) mass is 410 g/mol. The molecular formula is C21H31BrO3. The van der Waals surface area contributed by atoms with Gasteiger partial charge in [-0.15, -0.1) is 0 Å². The van der Waals surface area contributed by atoms with Crippen molar-refractivity contribution in [1.82, 2.24) is 0 Å². The van der Waals surface area contributed by atoms with E-state index in [1.807, 2.05) is 0 Å². The van der Waals surface area contributed by atoms with E-state index in [4.69, 9.17) is 4.74 Å². The fourth-order valence-electron chi connectivity index (χ4n) is 7.31. The highest BCUT2D eigenvalue weighted by atomic mass is 79.9. The fourth-order valence-corrected chi connectivity index (χ4v) is 8.23. The van der Waals surface area contributed by atoms with Gasteiger partial charge in [-0.05, 0) is 80.5 Å². The maximum atomic E-state index is 12.7. The summed E-state index contributed by atoms with van der Waals surface area (Å²) >= 11 is 3.66. The number of hydrogen-bond donors (Lipinski definition) is 0. The first-order valence-corrected chi connectivity index (χ1v) is 11.0. The lowest BCUT2D eigenvalue weighted by Crippen LogP contribution is -2.54. The number of Topliss-reactive ketones (excluding diaryl/α,β-unsaturated/α-hetero) is 1.